The summed E-state index contributed by atoms with van der Waals surface area (Å²) in [5.74, 6) is 0. The average molecular weight is 198 g/mol. The minimum atomic E-state index is 0.682. The van der Waals surface area contributed by atoms with Crippen LogP contribution in [0.5, 0.6) is 0 Å². The van der Waals surface area contributed by atoms with E-state index in [-0.39, 0.29) is 0 Å². The highest BCUT2D eigenvalue weighted by atomic mass is 15.1. The molecule has 1 N–H and O–H groups in total. The predicted molar refractivity (Wildman–Crippen MR) is 64.7 cm³/mol. The Morgan fingerprint density at radius 1 is 1.50 bits per heavy atom. The molecular formula is C12H26N2. The van der Waals surface area contributed by atoms with E-state index >= 15 is 0 Å². The van der Waals surface area contributed by atoms with E-state index in [4.69, 9.17) is 0 Å². The summed E-state index contributed by atoms with van der Waals surface area (Å²) in [6.45, 7) is 11.7. The van der Waals surface area contributed by atoms with E-state index in [0.717, 1.165) is 13.1 Å². The van der Waals surface area contributed by atoms with Gasteiger partial charge in [0.2, 0.25) is 0 Å². The van der Waals surface area contributed by atoms with Crippen LogP contribution in [0.4, 0.5) is 0 Å². The molecule has 0 saturated carbocycles. The fourth-order valence-electron chi connectivity index (χ4n) is 1.70. The van der Waals surface area contributed by atoms with E-state index in [1.807, 2.05) is 13.1 Å². The van der Waals surface area contributed by atoms with Gasteiger partial charge < -0.3 is 5.32 Å². The molecule has 2 nitrogen and oxygen atoms in total. The summed E-state index contributed by atoms with van der Waals surface area (Å²) in [6, 6.07) is 0.682. The average Bonchev–Trinajstić information content (AvgIpc) is 2.18. The first-order chi connectivity index (χ1) is 6.76. The van der Waals surface area contributed by atoms with Gasteiger partial charge in [0.1, 0.15) is 0 Å². The van der Waals surface area contributed by atoms with Gasteiger partial charge in [-0.3, -0.25) is 4.90 Å². The van der Waals surface area contributed by atoms with Crippen LogP contribution in [0, 0.1) is 0 Å². The Morgan fingerprint density at radius 3 is 2.71 bits per heavy atom. The van der Waals surface area contributed by atoms with Crippen molar-refractivity contribution in [1.29, 1.82) is 0 Å². The van der Waals surface area contributed by atoms with Crippen molar-refractivity contribution in [3.05, 3.63) is 12.7 Å². The van der Waals surface area contributed by atoms with E-state index < -0.39 is 0 Å². The molecule has 0 aliphatic carbocycles. The lowest BCUT2D eigenvalue weighted by Gasteiger charge is -2.27. The van der Waals surface area contributed by atoms with E-state index in [2.05, 4.69) is 30.6 Å². The van der Waals surface area contributed by atoms with Crippen molar-refractivity contribution in [1.82, 2.24) is 10.2 Å². The lowest BCUT2D eigenvalue weighted by molar-refractivity contribution is 0.218. The quantitative estimate of drug-likeness (QED) is 0.452. The summed E-state index contributed by atoms with van der Waals surface area (Å²) in [5.41, 5.74) is 0. The molecule has 14 heavy (non-hydrogen) atoms. The van der Waals surface area contributed by atoms with Crippen molar-refractivity contribution in [2.75, 3.05) is 26.7 Å². The highest BCUT2D eigenvalue weighted by molar-refractivity contribution is 4.77. The highest BCUT2D eigenvalue weighted by Crippen LogP contribution is 2.06. The highest BCUT2D eigenvalue weighted by Gasteiger charge is 2.10. The van der Waals surface area contributed by atoms with Gasteiger partial charge in [0.15, 0.2) is 0 Å². The first-order valence-electron chi connectivity index (χ1n) is 5.75. The third-order valence-corrected chi connectivity index (χ3v) is 2.55. The Labute approximate surface area is 89.4 Å². The minimum Gasteiger partial charge on any atom is -0.320 e. The third kappa shape index (κ3) is 6.17. The molecule has 84 valence electrons. The molecule has 0 heterocycles. The summed E-state index contributed by atoms with van der Waals surface area (Å²) in [7, 11) is 2.01. The SMILES string of the molecule is C=CCN(CCC)C(C)CCCNC. The molecule has 2 heteroatoms. The minimum absolute atomic E-state index is 0.682. The molecule has 0 aromatic heterocycles. The van der Waals surface area contributed by atoms with Crippen molar-refractivity contribution in [3.63, 3.8) is 0 Å². The molecule has 1 atom stereocenters. The summed E-state index contributed by atoms with van der Waals surface area (Å²) in [6.07, 6.45) is 5.76. The van der Waals surface area contributed by atoms with Crippen LogP contribution < -0.4 is 5.32 Å². The predicted octanol–water partition coefficient (Wildman–Crippen LogP) is 2.27. The Hall–Kier alpha value is -0.340. The lowest BCUT2D eigenvalue weighted by Crippen LogP contribution is -2.34. The smallest absolute Gasteiger partial charge is 0.0163 e. The van der Waals surface area contributed by atoms with E-state index in [9.17, 15) is 0 Å². The van der Waals surface area contributed by atoms with Gasteiger partial charge in [-0.25, -0.2) is 0 Å². The van der Waals surface area contributed by atoms with Gasteiger partial charge in [-0.05, 0) is 46.3 Å². The molecule has 0 rings (SSSR count). The monoisotopic (exact) mass is 198 g/mol. The summed E-state index contributed by atoms with van der Waals surface area (Å²) >= 11 is 0. The molecule has 0 bridgehead atoms. The zero-order valence-electron chi connectivity index (χ0n) is 10.1. The third-order valence-electron chi connectivity index (χ3n) is 2.55. The Morgan fingerprint density at radius 2 is 2.21 bits per heavy atom. The van der Waals surface area contributed by atoms with E-state index in [1.54, 1.807) is 0 Å². The Bertz CT molecular complexity index is 134. The second kappa shape index (κ2) is 9.22. The maximum Gasteiger partial charge on any atom is 0.0163 e. The lowest BCUT2D eigenvalue weighted by atomic mass is 10.1. The maximum absolute atomic E-state index is 3.81. The molecule has 0 aromatic carbocycles. The first kappa shape index (κ1) is 13.7. The molecule has 0 aliphatic heterocycles. The van der Waals surface area contributed by atoms with Crippen LogP contribution in [0.2, 0.25) is 0 Å². The van der Waals surface area contributed by atoms with Crippen molar-refractivity contribution in [3.8, 4) is 0 Å². The summed E-state index contributed by atoms with van der Waals surface area (Å²) < 4.78 is 0. The molecule has 1 unspecified atom stereocenters. The zero-order chi connectivity index (χ0) is 10.8. The summed E-state index contributed by atoms with van der Waals surface area (Å²) in [4.78, 5) is 2.50. The first-order valence-corrected chi connectivity index (χ1v) is 5.75. The van der Waals surface area contributed by atoms with Crippen LogP contribution in [-0.4, -0.2) is 37.6 Å². The van der Waals surface area contributed by atoms with Crippen LogP contribution in [0.15, 0.2) is 12.7 Å². The van der Waals surface area contributed by atoms with Gasteiger partial charge in [-0.15, -0.1) is 6.58 Å². The van der Waals surface area contributed by atoms with Gasteiger partial charge in [0.05, 0.1) is 0 Å². The zero-order valence-corrected chi connectivity index (χ0v) is 10.1. The molecule has 0 amide bonds. The number of nitrogens with zero attached hydrogens (tertiary/aromatic N) is 1. The van der Waals surface area contributed by atoms with Crippen molar-refractivity contribution in [2.45, 2.75) is 39.2 Å². The van der Waals surface area contributed by atoms with Crippen molar-refractivity contribution >= 4 is 0 Å². The maximum atomic E-state index is 3.81. The van der Waals surface area contributed by atoms with Gasteiger partial charge >= 0.3 is 0 Å². The van der Waals surface area contributed by atoms with E-state index in [0.29, 0.717) is 6.04 Å². The molecule has 0 radical (unpaired) electrons. The van der Waals surface area contributed by atoms with Crippen LogP contribution in [0.25, 0.3) is 0 Å². The van der Waals surface area contributed by atoms with Gasteiger partial charge in [-0.1, -0.05) is 13.0 Å². The van der Waals surface area contributed by atoms with Gasteiger partial charge in [0.25, 0.3) is 0 Å². The number of rotatable bonds is 9. The molecule has 0 saturated heterocycles. The summed E-state index contributed by atoms with van der Waals surface area (Å²) in [5, 5.41) is 3.19. The molecule has 0 fully saturated rings. The van der Waals surface area contributed by atoms with Crippen LogP contribution in [-0.2, 0) is 0 Å². The van der Waals surface area contributed by atoms with Crippen LogP contribution in [0.1, 0.15) is 33.1 Å². The van der Waals surface area contributed by atoms with Gasteiger partial charge in [-0.2, -0.15) is 0 Å². The molecular weight excluding hydrogens is 172 g/mol. The van der Waals surface area contributed by atoms with E-state index in [1.165, 1.54) is 25.8 Å². The van der Waals surface area contributed by atoms with Crippen LogP contribution >= 0.6 is 0 Å². The molecule has 0 spiro atoms. The fraction of sp³-hybridized carbons (Fsp3) is 0.833. The van der Waals surface area contributed by atoms with Crippen molar-refractivity contribution in [2.24, 2.45) is 0 Å². The molecule has 0 aliphatic rings. The molecule has 0 aromatic rings. The topological polar surface area (TPSA) is 15.3 Å². The second-order valence-electron chi connectivity index (χ2n) is 3.88. The van der Waals surface area contributed by atoms with Crippen LogP contribution in [0.3, 0.4) is 0 Å². The Balaban J connectivity index is 3.75. The normalized spacial score (nSPS) is 13.1. The second-order valence-corrected chi connectivity index (χ2v) is 3.88. The Kier molecular flexibility index (Phi) is 9.00. The number of hydrogen-bond acceptors (Lipinski definition) is 2. The number of nitrogens with one attached hydrogen (secondary N) is 1. The largest absolute Gasteiger partial charge is 0.320 e. The number of hydrogen-bond donors (Lipinski definition) is 1. The van der Waals surface area contributed by atoms with Gasteiger partial charge in [0, 0.05) is 12.6 Å². The fourth-order valence-corrected chi connectivity index (χ4v) is 1.70. The van der Waals surface area contributed by atoms with Crippen molar-refractivity contribution < 1.29 is 0 Å². The standard InChI is InChI=1S/C12H26N2/c1-5-10-14(11-6-2)12(3)8-7-9-13-4/h5,12-13H,1,6-11H2,2-4H3.